The molecule has 1 aliphatic rings. The van der Waals surface area contributed by atoms with Crippen molar-refractivity contribution in [3.05, 3.63) is 51.1 Å². The number of benzene rings is 1. The number of amides is 1. The van der Waals surface area contributed by atoms with Crippen LogP contribution in [0.3, 0.4) is 0 Å². The number of carbonyl (C=O) groups excluding carboxylic acids is 1. The zero-order valence-corrected chi connectivity index (χ0v) is 18.1. The lowest BCUT2D eigenvalue weighted by atomic mass is 9.87. The van der Waals surface area contributed by atoms with Crippen molar-refractivity contribution in [1.29, 1.82) is 5.26 Å². The molecule has 1 aromatic heterocycles. The molecule has 0 saturated heterocycles. The number of halogens is 2. The molecule has 7 heteroatoms. The lowest BCUT2D eigenvalue weighted by Crippen LogP contribution is -2.25. The fraction of sp³-hybridized carbons (Fsp3) is 0.381. The van der Waals surface area contributed by atoms with Crippen molar-refractivity contribution < 1.29 is 4.79 Å². The molecule has 0 radical (unpaired) electrons. The fourth-order valence-electron chi connectivity index (χ4n) is 3.25. The van der Waals surface area contributed by atoms with Crippen molar-refractivity contribution in [2.45, 2.75) is 49.8 Å². The maximum absolute atomic E-state index is 12.8. The first kappa shape index (κ1) is 21.0. The van der Waals surface area contributed by atoms with Crippen LogP contribution in [0.5, 0.6) is 0 Å². The van der Waals surface area contributed by atoms with Gasteiger partial charge in [-0.05, 0) is 61.4 Å². The number of carbonyl (C=O) groups is 1. The molecule has 1 N–H and O–H groups in total. The van der Waals surface area contributed by atoms with E-state index in [4.69, 9.17) is 28.2 Å². The van der Waals surface area contributed by atoms with Gasteiger partial charge in [-0.15, -0.1) is 0 Å². The van der Waals surface area contributed by atoms with Gasteiger partial charge in [0.05, 0.1) is 20.9 Å². The van der Waals surface area contributed by atoms with Crippen molar-refractivity contribution in [2.75, 3.05) is 5.32 Å². The third kappa shape index (κ3) is 4.81. The van der Waals surface area contributed by atoms with E-state index in [2.05, 4.69) is 18.3 Å². The number of nitrogens with one attached hydrogen (secondary N) is 1. The van der Waals surface area contributed by atoms with Crippen molar-refractivity contribution in [2.24, 2.45) is 5.92 Å². The van der Waals surface area contributed by atoms with Crippen molar-refractivity contribution in [3.63, 3.8) is 0 Å². The van der Waals surface area contributed by atoms with Gasteiger partial charge in [0.25, 0.3) is 0 Å². The van der Waals surface area contributed by atoms with Gasteiger partial charge < -0.3 is 5.32 Å². The molecule has 2 atom stereocenters. The Morgan fingerprint density at radius 1 is 1.39 bits per heavy atom. The largest absolute Gasteiger partial charge is 0.325 e. The number of hydrogen-bond donors (Lipinski definition) is 1. The van der Waals surface area contributed by atoms with E-state index >= 15 is 0 Å². The summed E-state index contributed by atoms with van der Waals surface area (Å²) >= 11 is 13.3. The molecule has 2 unspecified atom stereocenters. The molecule has 1 amide bonds. The second-order valence-corrected chi connectivity index (χ2v) is 9.05. The summed E-state index contributed by atoms with van der Waals surface area (Å²) in [6, 6.07) is 9.17. The predicted molar refractivity (Wildman–Crippen MR) is 115 cm³/mol. The number of hydrogen-bond acceptors (Lipinski definition) is 4. The van der Waals surface area contributed by atoms with Crippen molar-refractivity contribution >= 4 is 46.6 Å². The first-order valence-electron chi connectivity index (χ1n) is 9.26. The number of nitrogens with zero attached hydrogens (tertiary/aromatic N) is 2. The van der Waals surface area contributed by atoms with E-state index in [-0.39, 0.29) is 11.2 Å². The number of aryl methyl sites for hydroxylation is 1. The maximum Gasteiger partial charge on any atom is 0.237 e. The number of pyridine rings is 1. The van der Waals surface area contributed by atoms with Crippen molar-refractivity contribution in [1.82, 2.24) is 4.98 Å². The van der Waals surface area contributed by atoms with Gasteiger partial charge >= 0.3 is 0 Å². The fourth-order valence-corrected chi connectivity index (χ4v) is 4.55. The third-order valence-corrected chi connectivity index (χ3v) is 6.93. The molecule has 28 heavy (non-hydrogen) atoms. The number of aromatic nitrogens is 1. The van der Waals surface area contributed by atoms with Crippen molar-refractivity contribution in [3.8, 4) is 6.07 Å². The normalized spacial score (nSPS) is 16.8. The molecule has 2 aromatic rings. The van der Waals surface area contributed by atoms with Crippen LogP contribution in [0.15, 0.2) is 29.3 Å². The highest BCUT2D eigenvalue weighted by Gasteiger charge is 2.24. The second kappa shape index (κ2) is 9.17. The molecule has 1 aromatic carbocycles. The minimum Gasteiger partial charge on any atom is -0.325 e. The van der Waals surface area contributed by atoms with Crippen LogP contribution in [0.1, 0.15) is 43.5 Å². The minimum absolute atomic E-state index is 0.150. The Morgan fingerprint density at radius 2 is 2.18 bits per heavy atom. The summed E-state index contributed by atoms with van der Waals surface area (Å²) in [5.74, 6) is 0.461. The molecule has 0 aliphatic heterocycles. The zero-order chi connectivity index (χ0) is 20.3. The van der Waals surface area contributed by atoms with E-state index in [1.54, 1.807) is 18.2 Å². The number of anilines is 1. The van der Waals surface area contributed by atoms with Crippen LogP contribution in [0.2, 0.25) is 10.0 Å². The zero-order valence-electron chi connectivity index (χ0n) is 15.8. The van der Waals surface area contributed by atoms with Crippen LogP contribution in [0.4, 0.5) is 5.69 Å². The summed E-state index contributed by atoms with van der Waals surface area (Å²) in [7, 11) is 0. The van der Waals surface area contributed by atoms with E-state index in [0.717, 1.165) is 30.5 Å². The maximum atomic E-state index is 12.8. The number of fused-ring (bicyclic) bond motifs is 1. The molecular formula is C21H21Cl2N3OS. The Balaban J connectivity index is 1.79. The standard InChI is InChI=1S/C21H21Cl2N3OS/c1-3-19(20(27)25-15-5-6-16(22)17(23)10-15)28-21-14(11-24)9-13-8-12(2)4-7-18(13)26-21/h5-6,9-10,12,19H,3-4,7-8H2,1-2H3,(H,25,27). The average molecular weight is 434 g/mol. The van der Waals surface area contributed by atoms with Crippen LogP contribution in [-0.4, -0.2) is 16.1 Å². The van der Waals surface area contributed by atoms with E-state index in [0.29, 0.717) is 38.7 Å². The molecule has 4 nitrogen and oxygen atoms in total. The quantitative estimate of drug-likeness (QED) is 0.596. The molecule has 146 valence electrons. The summed E-state index contributed by atoms with van der Waals surface area (Å²) in [6.45, 7) is 4.16. The molecular weight excluding hydrogens is 413 g/mol. The molecule has 3 rings (SSSR count). The van der Waals surface area contributed by atoms with Gasteiger partial charge in [0.1, 0.15) is 11.1 Å². The van der Waals surface area contributed by atoms with Gasteiger partial charge in [-0.1, -0.05) is 48.8 Å². The minimum atomic E-state index is -0.366. The summed E-state index contributed by atoms with van der Waals surface area (Å²) in [6.07, 6.45) is 3.59. The molecule has 0 spiro atoms. The lowest BCUT2D eigenvalue weighted by Gasteiger charge is -2.22. The van der Waals surface area contributed by atoms with Gasteiger partial charge in [0.2, 0.25) is 5.91 Å². The van der Waals surface area contributed by atoms with Gasteiger partial charge in [-0.25, -0.2) is 4.98 Å². The Bertz CT molecular complexity index is 942. The SMILES string of the molecule is CCC(Sc1nc2c(cc1C#N)CC(C)CC2)C(=O)Nc1ccc(Cl)c(Cl)c1. The summed E-state index contributed by atoms with van der Waals surface area (Å²) < 4.78 is 0. The monoisotopic (exact) mass is 433 g/mol. The van der Waals surface area contributed by atoms with E-state index in [1.807, 2.05) is 13.0 Å². The number of rotatable bonds is 5. The van der Waals surface area contributed by atoms with Gasteiger partial charge in [0.15, 0.2) is 0 Å². The Hall–Kier alpha value is -1.74. The van der Waals surface area contributed by atoms with E-state index in [1.165, 1.54) is 11.8 Å². The number of thioether (sulfide) groups is 1. The first-order chi connectivity index (χ1) is 13.4. The molecule has 0 saturated carbocycles. The van der Waals surface area contributed by atoms with Gasteiger partial charge in [0, 0.05) is 11.4 Å². The van der Waals surface area contributed by atoms with Gasteiger partial charge in [-0.3, -0.25) is 4.79 Å². The Morgan fingerprint density at radius 3 is 2.86 bits per heavy atom. The number of nitriles is 1. The van der Waals surface area contributed by atoms with Crippen LogP contribution in [0, 0.1) is 17.2 Å². The third-order valence-electron chi connectivity index (χ3n) is 4.82. The van der Waals surface area contributed by atoms with Crippen LogP contribution < -0.4 is 5.32 Å². The Kier molecular flexibility index (Phi) is 6.87. The molecule has 0 bridgehead atoms. The van der Waals surface area contributed by atoms with E-state index < -0.39 is 0 Å². The molecule has 0 fully saturated rings. The summed E-state index contributed by atoms with van der Waals surface area (Å²) in [5.41, 5.74) is 3.34. The van der Waals surface area contributed by atoms with Gasteiger partial charge in [-0.2, -0.15) is 5.26 Å². The van der Waals surface area contributed by atoms with E-state index in [9.17, 15) is 10.1 Å². The summed E-state index contributed by atoms with van der Waals surface area (Å²) in [5, 5.41) is 13.5. The highest BCUT2D eigenvalue weighted by atomic mass is 35.5. The molecule has 1 heterocycles. The Labute approximate surface area is 179 Å². The second-order valence-electron chi connectivity index (χ2n) is 7.04. The first-order valence-corrected chi connectivity index (χ1v) is 10.9. The smallest absolute Gasteiger partial charge is 0.237 e. The predicted octanol–water partition coefficient (Wildman–Crippen LogP) is 5.89. The average Bonchev–Trinajstić information content (AvgIpc) is 2.68. The van der Waals surface area contributed by atoms with Crippen LogP contribution in [-0.2, 0) is 17.6 Å². The summed E-state index contributed by atoms with van der Waals surface area (Å²) in [4.78, 5) is 17.5. The molecule has 1 aliphatic carbocycles. The highest BCUT2D eigenvalue weighted by molar-refractivity contribution is 8.00. The van der Waals surface area contributed by atoms with Crippen LogP contribution in [0.25, 0.3) is 0 Å². The topological polar surface area (TPSA) is 65.8 Å². The van der Waals surface area contributed by atoms with Crippen LogP contribution >= 0.6 is 35.0 Å². The lowest BCUT2D eigenvalue weighted by molar-refractivity contribution is -0.115. The highest BCUT2D eigenvalue weighted by Crippen LogP contribution is 2.33.